The second kappa shape index (κ2) is 2.92. The molecule has 1 heterocycles. The van der Waals surface area contributed by atoms with E-state index in [1.54, 1.807) is 12.1 Å². The number of ether oxygens (including phenoxy) is 2. The second-order valence-corrected chi connectivity index (χ2v) is 3.42. The van der Waals surface area contributed by atoms with Gasteiger partial charge in [0.15, 0.2) is 0 Å². The van der Waals surface area contributed by atoms with Crippen molar-refractivity contribution in [2.45, 2.75) is 12.9 Å². The molecule has 0 spiro atoms. The molecule has 0 aromatic heterocycles. The van der Waals surface area contributed by atoms with Crippen LogP contribution in [0.25, 0.3) is 0 Å². The lowest BCUT2D eigenvalue weighted by atomic mass is 10.2. The van der Waals surface area contributed by atoms with Crippen LogP contribution in [0.3, 0.4) is 0 Å². The summed E-state index contributed by atoms with van der Waals surface area (Å²) in [5.41, 5.74) is 0.605. The molecular weight excluding hydrogens is 246 g/mol. The monoisotopic (exact) mass is 250 g/mol. The Kier molecular flexibility index (Phi) is 2.00. The quantitative estimate of drug-likeness (QED) is 0.705. The molecule has 2 rings (SSSR count). The SMILES string of the molecule is FC1(F)OCc2c(Br)cccc2O1. The van der Waals surface area contributed by atoms with E-state index < -0.39 is 6.29 Å². The van der Waals surface area contributed by atoms with Gasteiger partial charge in [-0.2, -0.15) is 0 Å². The first-order valence-electron chi connectivity index (χ1n) is 3.57. The van der Waals surface area contributed by atoms with Crippen LogP contribution in [-0.4, -0.2) is 6.29 Å². The minimum atomic E-state index is -3.51. The van der Waals surface area contributed by atoms with Crippen LogP contribution in [0.2, 0.25) is 0 Å². The van der Waals surface area contributed by atoms with Crippen molar-refractivity contribution in [1.82, 2.24) is 0 Å². The first-order valence-corrected chi connectivity index (χ1v) is 4.36. The summed E-state index contributed by atoms with van der Waals surface area (Å²) in [6, 6.07) is 4.86. The van der Waals surface area contributed by atoms with E-state index in [0.29, 0.717) is 10.0 Å². The average molecular weight is 251 g/mol. The van der Waals surface area contributed by atoms with Crippen molar-refractivity contribution in [1.29, 1.82) is 0 Å². The van der Waals surface area contributed by atoms with Crippen molar-refractivity contribution in [3.63, 3.8) is 0 Å². The van der Waals surface area contributed by atoms with E-state index in [2.05, 4.69) is 25.4 Å². The summed E-state index contributed by atoms with van der Waals surface area (Å²) < 4.78 is 34.3. The van der Waals surface area contributed by atoms with E-state index in [1.807, 2.05) is 0 Å². The number of fused-ring (bicyclic) bond motifs is 1. The molecule has 13 heavy (non-hydrogen) atoms. The van der Waals surface area contributed by atoms with Gasteiger partial charge in [0, 0.05) is 10.0 Å². The number of rotatable bonds is 0. The molecule has 0 aliphatic carbocycles. The highest BCUT2D eigenvalue weighted by atomic mass is 79.9. The Balaban J connectivity index is 2.42. The van der Waals surface area contributed by atoms with E-state index in [4.69, 9.17) is 0 Å². The lowest BCUT2D eigenvalue weighted by Crippen LogP contribution is -2.32. The standard InChI is InChI=1S/C8H5BrF2O2/c9-6-2-1-3-7-5(6)4-12-8(10,11)13-7/h1-3H,4H2. The third kappa shape index (κ3) is 1.66. The first-order chi connectivity index (χ1) is 6.08. The summed E-state index contributed by atoms with van der Waals surface area (Å²) in [5.74, 6) is 0.158. The van der Waals surface area contributed by atoms with Crippen LogP contribution in [0.1, 0.15) is 5.56 Å². The van der Waals surface area contributed by atoms with Crippen LogP contribution in [-0.2, 0) is 11.3 Å². The lowest BCUT2D eigenvalue weighted by Gasteiger charge is -2.25. The second-order valence-electron chi connectivity index (χ2n) is 2.57. The van der Waals surface area contributed by atoms with Crippen LogP contribution in [0.5, 0.6) is 5.75 Å². The summed E-state index contributed by atoms with van der Waals surface area (Å²) in [7, 11) is 0. The Bertz CT molecular complexity index is 341. The minimum absolute atomic E-state index is 0.149. The summed E-state index contributed by atoms with van der Waals surface area (Å²) in [6.45, 7) is -0.149. The van der Waals surface area contributed by atoms with Gasteiger partial charge in [-0.1, -0.05) is 22.0 Å². The average Bonchev–Trinajstić information content (AvgIpc) is 2.02. The highest BCUT2D eigenvalue weighted by Crippen LogP contribution is 2.36. The van der Waals surface area contributed by atoms with Crippen LogP contribution >= 0.6 is 15.9 Å². The fourth-order valence-electron chi connectivity index (χ4n) is 1.09. The molecule has 1 aliphatic heterocycles. The number of alkyl halides is 2. The molecule has 0 N–H and O–H groups in total. The number of hydrogen-bond donors (Lipinski definition) is 0. The van der Waals surface area contributed by atoms with Crippen LogP contribution in [0, 0.1) is 0 Å². The number of halogens is 3. The number of benzene rings is 1. The highest BCUT2D eigenvalue weighted by molar-refractivity contribution is 9.10. The van der Waals surface area contributed by atoms with Crippen LogP contribution < -0.4 is 4.74 Å². The van der Waals surface area contributed by atoms with Gasteiger partial charge in [0.1, 0.15) is 5.75 Å². The topological polar surface area (TPSA) is 18.5 Å². The van der Waals surface area contributed by atoms with E-state index in [0.717, 1.165) is 0 Å². The van der Waals surface area contributed by atoms with E-state index in [1.165, 1.54) is 6.07 Å². The summed E-state index contributed by atoms with van der Waals surface area (Å²) in [4.78, 5) is 0. The highest BCUT2D eigenvalue weighted by Gasteiger charge is 2.38. The predicted octanol–water partition coefficient (Wildman–Crippen LogP) is 2.91. The van der Waals surface area contributed by atoms with Gasteiger partial charge in [-0.15, -0.1) is 8.78 Å². The smallest absolute Gasteiger partial charge is 0.409 e. The van der Waals surface area contributed by atoms with Gasteiger partial charge in [0.25, 0.3) is 0 Å². The van der Waals surface area contributed by atoms with Crippen LogP contribution in [0.4, 0.5) is 8.78 Å². The summed E-state index contributed by atoms with van der Waals surface area (Å²) in [5, 5.41) is 0. The van der Waals surface area contributed by atoms with Crippen molar-refractivity contribution in [2.24, 2.45) is 0 Å². The van der Waals surface area contributed by atoms with E-state index in [9.17, 15) is 8.78 Å². The zero-order valence-corrected chi connectivity index (χ0v) is 7.98. The molecule has 5 heteroatoms. The molecule has 0 atom stereocenters. The van der Waals surface area contributed by atoms with E-state index >= 15 is 0 Å². The fraction of sp³-hybridized carbons (Fsp3) is 0.250. The Morgan fingerprint density at radius 3 is 2.92 bits per heavy atom. The maximum absolute atomic E-state index is 12.6. The molecule has 2 nitrogen and oxygen atoms in total. The van der Waals surface area contributed by atoms with Gasteiger partial charge in [0.05, 0.1) is 6.61 Å². The molecule has 1 aliphatic rings. The first kappa shape index (κ1) is 8.90. The zero-order valence-electron chi connectivity index (χ0n) is 6.39. The molecule has 0 unspecified atom stereocenters. The van der Waals surface area contributed by atoms with Gasteiger partial charge in [-0.25, -0.2) is 0 Å². The zero-order chi connectivity index (χ0) is 9.47. The molecule has 1 aromatic rings. The molecule has 70 valence electrons. The minimum Gasteiger partial charge on any atom is -0.409 e. The fourth-order valence-corrected chi connectivity index (χ4v) is 1.55. The molecule has 0 saturated heterocycles. The van der Waals surface area contributed by atoms with E-state index in [-0.39, 0.29) is 12.4 Å². The summed E-state index contributed by atoms with van der Waals surface area (Å²) in [6.07, 6.45) is -3.51. The van der Waals surface area contributed by atoms with Gasteiger partial charge in [0.2, 0.25) is 0 Å². The lowest BCUT2D eigenvalue weighted by molar-refractivity contribution is -0.368. The maximum Gasteiger partial charge on any atom is 0.535 e. The van der Waals surface area contributed by atoms with Crippen molar-refractivity contribution in [3.8, 4) is 5.75 Å². The van der Waals surface area contributed by atoms with Gasteiger partial charge in [-0.3, -0.25) is 4.74 Å². The maximum atomic E-state index is 12.6. The Hall–Kier alpha value is -0.680. The third-order valence-electron chi connectivity index (χ3n) is 1.69. The van der Waals surface area contributed by atoms with Gasteiger partial charge >= 0.3 is 6.29 Å². The molecule has 0 amide bonds. The molecule has 0 bridgehead atoms. The number of hydrogen-bond acceptors (Lipinski definition) is 2. The molecule has 0 radical (unpaired) electrons. The molecule has 0 fully saturated rings. The van der Waals surface area contributed by atoms with Crippen molar-refractivity contribution in [3.05, 3.63) is 28.2 Å². The Morgan fingerprint density at radius 1 is 1.38 bits per heavy atom. The third-order valence-corrected chi connectivity index (χ3v) is 2.43. The van der Waals surface area contributed by atoms with Gasteiger partial charge in [-0.05, 0) is 12.1 Å². The normalized spacial score (nSPS) is 19.0. The predicted molar refractivity (Wildman–Crippen MR) is 44.5 cm³/mol. The summed E-state index contributed by atoms with van der Waals surface area (Å²) >= 11 is 3.21. The molecule has 0 saturated carbocycles. The van der Waals surface area contributed by atoms with Crippen molar-refractivity contribution < 1.29 is 18.3 Å². The Morgan fingerprint density at radius 2 is 2.15 bits per heavy atom. The molecule has 1 aromatic carbocycles. The van der Waals surface area contributed by atoms with Gasteiger partial charge < -0.3 is 4.74 Å². The largest absolute Gasteiger partial charge is 0.535 e. The van der Waals surface area contributed by atoms with Crippen LogP contribution in [0.15, 0.2) is 22.7 Å². The van der Waals surface area contributed by atoms with Crippen molar-refractivity contribution >= 4 is 15.9 Å². The van der Waals surface area contributed by atoms with Crippen molar-refractivity contribution in [2.75, 3.05) is 0 Å². The Labute approximate surface area is 81.6 Å². The molecular formula is C8H5BrF2O2.